The number of nitrogens with one attached hydrogen (secondary N) is 1. The normalized spacial score (nSPS) is 20.7. The zero-order valence-electron chi connectivity index (χ0n) is 8.07. The van der Waals surface area contributed by atoms with Gasteiger partial charge in [-0.15, -0.1) is 12.4 Å². The van der Waals surface area contributed by atoms with Crippen LogP contribution in [-0.4, -0.2) is 24.9 Å². The van der Waals surface area contributed by atoms with Crippen LogP contribution in [0.25, 0.3) is 0 Å². The minimum atomic E-state index is 0. The number of halogens is 2. The predicted octanol–water partition coefficient (Wildman–Crippen LogP) is 2.24. The number of hydrogen-bond acceptors (Lipinski definition) is 3. The Bertz CT molecular complexity index is 329. The summed E-state index contributed by atoms with van der Waals surface area (Å²) in [7, 11) is 0. The first-order valence-corrected chi connectivity index (χ1v) is 5.36. The maximum atomic E-state index is 9.67. The van der Waals surface area contributed by atoms with Gasteiger partial charge in [0, 0.05) is 16.6 Å². The molecule has 1 aliphatic rings. The summed E-state index contributed by atoms with van der Waals surface area (Å²) in [5.74, 6) is 0.316. The lowest BCUT2D eigenvalue weighted by atomic mass is 10.1. The number of hydrogen-bond donors (Lipinski definition) is 2. The van der Waals surface area contributed by atoms with E-state index in [-0.39, 0.29) is 18.4 Å². The standard InChI is InChI=1S/C10H12BrNO2.ClH/c11-7-1-2-10(13)8(5-7)9-6-14-4-3-12-9;/h1-2,5,9,12-13H,3-4,6H2;1H/t9-;/m1./s1. The summed E-state index contributed by atoms with van der Waals surface area (Å²) in [4.78, 5) is 0. The van der Waals surface area contributed by atoms with Crippen LogP contribution >= 0.6 is 28.3 Å². The van der Waals surface area contributed by atoms with Crippen molar-refractivity contribution in [2.24, 2.45) is 0 Å². The number of rotatable bonds is 1. The van der Waals surface area contributed by atoms with E-state index in [0.717, 1.165) is 23.2 Å². The molecule has 15 heavy (non-hydrogen) atoms. The average molecular weight is 295 g/mol. The monoisotopic (exact) mass is 293 g/mol. The molecule has 1 aromatic rings. The molecular weight excluding hydrogens is 281 g/mol. The second-order valence-corrected chi connectivity index (χ2v) is 4.20. The van der Waals surface area contributed by atoms with Gasteiger partial charge in [0.25, 0.3) is 0 Å². The molecule has 0 bridgehead atoms. The van der Waals surface area contributed by atoms with E-state index in [0.29, 0.717) is 12.4 Å². The van der Waals surface area contributed by atoms with Crippen molar-refractivity contribution < 1.29 is 9.84 Å². The molecule has 1 aromatic carbocycles. The molecule has 1 aliphatic heterocycles. The number of benzene rings is 1. The lowest BCUT2D eigenvalue weighted by molar-refractivity contribution is 0.0761. The molecule has 1 atom stereocenters. The van der Waals surface area contributed by atoms with Crippen LogP contribution in [0.15, 0.2) is 22.7 Å². The number of phenolic OH excluding ortho intramolecular Hbond substituents is 1. The highest BCUT2D eigenvalue weighted by atomic mass is 79.9. The van der Waals surface area contributed by atoms with Gasteiger partial charge >= 0.3 is 0 Å². The van der Waals surface area contributed by atoms with Gasteiger partial charge in [-0.2, -0.15) is 0 Å². The fourth-order valence-electron chi connectivity index (χ4n) is 1.57. The van der Waals surface area contributed by atoms with Crippen LogP contribution in [-0.2, 0) is 4.74 Å². The Morgan fingerprint density at radius 1 is 1.47 bits per heavy atom. The molecule has 1 fully saturated rings. The van der Waals surface area contributed by atoms with Gasteiger partial charge in [-0.05, 0) is 18.2 Å². The Morgan fingerprint density at radius 3 is 2.93 bits per heavy atom. The summed E-state index contributed by atoms with van der Waals surface area (Å²) in [6.07, 6.45) is 0. The van der Waals surface area contributed by atoms with Gasteiger partial charge in [-0.3, -0.25) is 0 Å². The van der Waals surface area contributed by atoms with E-state index in [1.807, 2.05) is 12.1 Å². The van der Waals surface area contributed by atoms with Crippen LogP contribution in [0.3, 0.4) is 0 Å². The molecule has 1 heterocycles. The summed E-state index contributed by atoms with van der Waals surface area (Å²) in [5, 5.41) is 13.0. The van der Waals surface area contributed by atoms with Crippen molar-refractivity contribution in [2.45, 2.75) is 6.04 Å². The third kappa shape index (κ3) is 3.08. The molecule has 0 spiro atoms. The molecule has 3 nitrogen and oxygen atoms in total. The molecule has 0 aromatic heterocycles. The average Bonchev–Trinajstić information content (AvgIpc) is 2.23. The van der Waals surface area contributed by atoms with Crippen molar-refractivity contribution in [1.82, 2.24) is 5.32 Å². The topological polar surface area (TPSA) is 41.5 Å². The summed E-state index contributed by atoms with van der Waals surface area (Å²) in [5.41, 5.74) is 0.888. The Labute approximate surface area is 103 Å². The second-order valence-electron chi connectivity index (χ2n) is 3.28. The maximum Gasteiger partial charge on any atom is 0.120 e. The molecule has 0 amide bonds. The van der Waals surface area contributed by atoms with Crippen LogP contribution in [0.2, 0.25) is 0 Å². The maximum absolute atomic E-state index is 9.67. The van der Waals surface area contributed by atoms with E-state index in [1.165, 1.54) is 0 Å². The smallest absolute Gasteiger partial charge is 0.120 e. The molecule has 0 saturated carbocycles. The predicted molar refractivity (Wildman–Crippen MR) is 64.6 cm³/mol. The van der Waals surface area contributed by atoms with Crippen molar-refractivity contribution in [3.63, 3.8) is 0 Å². The third-order valence-electron chi connectivity index (χ3n) is 2.29. The van der Waals surface area contributed by atoms with Crippen molar-refractivity contribution >= 4 is 28.3 Å². The highest BCUT2D eigenvalue weighted by Gasteiger charge is 2.18. The Hall–Kier alpha value is -0.290. The molecule has 0 radical (unpaired) electrons. The van der Waals surface area contributed by atoms with Crippen LogP contribution in [0, 0.1) is 0 Å². The Morgan fingerprint density at radius 2 is 2.27 bits per heavy atom. The van der Waals surface area contributed by atoms with E-state index < -0.39 is 0 Å². The van der Waals surface area contributed by atoms with Crippen LogP contribution in [0.1, 0.15) is 11.6 Å². The molecule has 2 rings (SSSR count). The lowest BCUT2D eigenvalue weighted by Crippen LogP contribution is -2.34. The zero-order valence-corrected chi connectivity index (χ0v) is 10.5. The van der Waals surface area contributed by atoms with Crippen molar-refractivity contribution in [2.75, 3.05) is 19.8 Å². The minimum Gasteiger partial charge on any atom is -0.508 e. The summed E-state index contributed by atoms with van der Waals surface area (Å²) >= 11 is 3.38. The van der Waals surface area contributed by atoms with Gasteiger partial charge < -0.3 is 15.2 Å². The first-order chi connectivity index (χ1) is 6.77. The van der Waals surface area contributed by atoms with Gasteiger partial charge in [0.1, 0.15) is 5.75 Å². The van der Waals surface area contributed by atoms with E-state index in [2.05, 4.69) is 21.2 Å². The fraction of sp³-hybridized carbons (Fsp3) is 0.400. The molecule has 1 saturated heterocycles. The number of aromatic hydroxyl groups is 1. The van der Waals surface area contributed by atoms with E-state index in [1.54, 1.807) is 6.07 Å². The first kappa shape index (κ1) is 12.8. The van der Waals surface area contributed by atoms with Gasteiger partial charge in [-0.1, -0.05) is 15.9 Å². The highest BCUT2D eigenvalue weighted by Crippen LogP contribution is 2.28. The quantitative estimate of drug-likeness (QED) is 0.835. The number of phenols is 1. The summed E-state index contributed by atoms with van der Waals surface area (Å²) in [6, 6.07) is 5.53. The summed E-state index contributed by atoms with van der Waals surface area (Å²) in [6.45, 7) is 2.19. The first-order valence-electron chi connectivity index (χ1n) is 4.57. The third-order valence-corrected chi connectivity index (χ3v) is 2.78. The lowest BCUT2D eigenvalue weighted by Gasteiger charge is -2.24. The van der Waals surface area contributed by atoms with Gasteiger partial charge in [-0.25, -0.2) is 0 Å². The Kier molecular flexibility index (Phi) is 4.86. The second kappa shape index (κ2) is 5.70. The number of ether oxygens (including phenoxy) is 1. The van der Waals surface area contributed by atoms with Crippen molar-refractivity contribution in [3.8, 4) is 5.75 Å². The van der Waals surface area contributed by atoms with Gasteiger partial charge in [0.2, 0.25) is 0 Å². The largest absolute Gasteiger partial charge is 0.508 e. The van der Waals surface area contributed by atoms with Crippen LogP contribution in [0.5, 0.6) is 5.75 Å². The molecule has 0 unspecified atom stereocenters. The Balaban J connectivity index is 0.00000112. The van der Waals surface area contributed by atoms with Crippen LogP contribution < -0.4 is 5.32 Å². The summed E-state index contributed by atoms with van der Waals surface area (Å²) < 4.78 is 6.31. The van der Waals surface area contributed by atoms with Crippen molar-refractivity contribution in [1.29, 1.82) is 0 Å². The van der Waals surface area contributed by atoms with E-state index in [4.69, 9.17) is 4.74 Å². The van der Waals surface area contributed by atoms with Crippen LogP contribution in [0.4, 0.5) is 0 Å². The fourth-order valence-corrected chi connectivity index (χ4v) is 1.95. The van der Waals surface area contributed by atoms with Gasteiger partial charge in [0.15, 0.2) is 0 Å². The molecular formula is C10H13BrClNO2. The van der Waals surface area contributed by atoms with Gasteiger partial charge in [0.05, 0.1) is 19.3 Å². The molecule has 5 heteroatoms. The van der Waals surface area contributed by atoms with E-state index in [9.17, 15) is 5.11 Å². The highest BCUT2D eigenvalue weighted by molar-refractivity contribution is 9.10. The molecule has 84 valence electrons. The minimum absolute atomic E-state index is 0. The SMILES string of the molecule is Cl.Oc1ccc(Br)cc1[C@H]1COCCN1. The molecule has 2 N–H and O–H groups in total. The van der Waals surface area contributed by atoms with Crippen molar-refractivity contribution in [3.05, 3.63) is 28.2 Å². The molecule has 0 aliphatic carbocycles. The number of morpholine rings is 1. The zero-order chi connectivity index (χ0) is 9.97. The van der Waals surface area contributed by atoms with E-state index >= 15 is 0 Å².